The highest BCUT2D eigenvalue weighted by molar-refractivity contribution is 5.95. The number of halogens is 2. The number of nitrogens with zero attached hydrogens (tertiary/aromatic N) is 1. The molecule has 1 saturated heterocycles. The fraction of sp³-hybridized carbons (Fsp3) is 0.529. The number of rotatable bonds is 6. The molecule has 1 atom stereocenters. The fourth-order valence-electron chi connectivity index (χ4n) is 2.55. The summed E-state index contributed by atoms with van der Waals surface area (Å²) in [5.74, 6) is -0.524. The number of nitrogens with one attached hydrogen (secondary N) is 2. The van der Waals surface area contributed by atoms with Crippen LogP contribution in [0.4, 0.5) is 11.4 Å². The Morgan fingerprint density at radius 2 is 1.84 bits per heavy atom. The second kappa shape index (κ2) is 11.2. The molecule has 6 nitrogen and oxygen atoms in total. The van der Waals surface area contributed by atoms with Crippen molar-refractivity contribution in [2.75, 3.05) is 29.9 Å². The number of benzene rings is 1. The van der Waals surface area contributed by atoms with Crippen molar-refractivity contribution in [1.29, 1.82) is 0 Å². The average molecular weight is 391 g/mol. The van der Waals surface area contributed by atoms with Crippen LogP contribution in [0.2, 0.25) is 0 Å². The molecule has 0 aromatic heterocycles. The van der Waals surface area contributed by atoms with Crippen LogP contribution in [0, 0.1) is 5.92 Å². The summed E-state index contributed by atoms with van der Waals surface area (Å²) in [6, 6.07) is 7.19. The lowest BCUT2D eigenvalue weighted by Gasteiger charge is -2.18. The van der Waals surface area contributed by atoms with Crippen LogP contribution in [0.3, 0.4) is 0 Å². The zero-order valence-electron chi connectivity index (χ0n) is 14.7. The first-order valence-corrected chi connectivity index (χ1v) is 8.15. The third kappa shape index (κ3) is 7.10. The molecule has 0 aliphatic carbocycles. The minimum Gasteiger partial charge on any atom is -0.371 e. The molecule has 0 unspecified atom stereocenters. The Morgan fingerprint density at radius 1 is 1.20 bits per heavy atom. The summed E-state index contributed by atoms with van der Waals surface area (Å²) >= 11 is 0. The molecule has 142 valence electrons. The summed E-state index contributed by atoms with van der Waals surface area (Å²) in [6.07, 6.45) is 2.41. The van der Waals surface area contributed by atoms with Crippen molar-refractivity contribution in [3.05, 3.63) is 24.3 Å². The Labute approximate surface area is 161 Å². The Morgan fingerprint density at radius 3 is 2.44 bits per heavy atom. The maximum atomic E-state index is 12.0. The van der Waals surface area contributed by atoms with E-state index in [9.17, 15) is 9.59 Å². The molecular weight excluding hydrogens is 363 g/mol. The molecular formula is C17H28Cl2N4O2. The van der Waals surface area contributed by atoms with E-state index in [0.29, 0.717) is 0 Å². The molecule has 1 aliphatic heterocycles. The molecule has 0 radical (unpaired) electrons. The van der Waals surface area contributed by atoms with E-state index in [4.69, 9.17) is 5.73 Å². The lowest BCUT2D eigenvalue weighted by Crippen LogP contribution is -2.46. The highest BCUT2D eigenvalue weighted by Gasteiger charge is 2.18. The number of carbonyl (C=O) groups is 2. The molecule has 1 fully saturated rings. The van der Waals surface area contributed by atoms with Gasteiger partial charge in [-0.05, 0) is 37.0 Å². The van der Waals surface area contributed by atoms with Gasteiger partial charge in [-0.2, -0.15) is 0 Å². The van der Waals surface area contributed by atoms with E-state index in [0.717, 1.165) is 24.5 Å². The van der Waals surface area contributed by atoms with Gasteiger partial charge in [-0.1, -0.05) is 19.9 Å². The predicted molar refractivity (Wildman–Crippen MR) is 107 cm³/mol. The number of hydrogen-bond donors (Lipinski definition) is 3. The smallest absolute Gasteiger partial charge is 0.243 e. The second-order valence-electron chi connectivity index (χ2n) is 6.28. The van der Waals surface area contributed by atoms with Crippen LogP contribution in [-0.2, 0) is 9.59 Å². The third-order valence-corrected chi connectivity index (χ3v) is 4.05. The summed E-state index contributed by atoms with van der Waals surface area (Å²) in [5, 5.41) is 5.38. The summed E-state index contributed by atoms with van der Waals surface area (Å²) < 4.78 is 0. The van der Waals surface area contributed by atoms with Crippen molar-refractivity contribution < 1.29 is 9.59 Å². The average Bonchev–Trinajstić information content (AvgIpc) is 3.06. The van der Waals surface area contributed by atoms with E-state index in [2.05, 4.69) is 15.5 Å². The van der Waals surface area contributed by atoms with Crippen molar-refractivity contribution in [2.24, 2.45) is 11.7 Å². The molecule has 2 rings (SSSR count). The van der Waals surface area contributed by atoms with Crippen LogP contribution in [-0.4, -0.2) is 37.5 Å². The number of amides is 2. The number of carbonyl (C=O) groups excluding carboxylic acids is 2. The van der Waals surface area contributed by atoms with E-state index < -0.39 is 6.04 Å². The summed E-state index contributed by atoms with van der Waals surface area (Å²) in [7, 11) is 0. The molecule has 8 heteroatoms. The second-order valence-corrected chi connectivity index (χ2v) is 6.28. The molecule has 0 spiro atoms. The predicted octanol–water partition coefficient (Wildman–Crippen LogP) is 2.17. The van der Waals surface area contributed by atoms with Crippen LogP contribution in [0.25, 0.3) is 0 Å². The largest absolute Gasteiger partial charge is 0.371 e. The van der Waals surface area contributed by atoms with Gasteiger partial charge in [0, 0.05) is 24.5 Å². The standard InChI is InChI=1S/C17H26N4O2.2ClH/c1-12(2)16(18)17(23)19-11-15(22)20-13-6-5-7-14(10-13)21-8-3-4-9-21;;/h5-7,10,12,16H,3-4,8-9,11,18H2,1-2H3,(H,19,23)(H,20,22);2*1H/t16-;;/m0../s1. The maximum Gasteiger partial charge on any atom is 0.243 e. The number of anilines is 2. The highest BCUT2D eigenvalue weighted by atomic mass is 35.5. The summed E-state index contributed by atoms with van der Waals surface area (Å²) in [6.45, 7) is 5.77. The highest BCUT2D eigenvalue weighted by Crippen LogP contribution is 2.23. The van der Waals surface area contributed by atoms with E-state index in [1.807, 2.05) is 38.1 Å². The van der Waals surface area contributed by atoms with Crippen LogP contribution in [0.15, 0.2) is 24.3 Å². The van der Waals surface area contributed by atoms with Gasteiger partial charge in [-0.15, -0.1) is 24.8 Å². The number of hydrogen-bond acceptors (Lipinski definition) is 4. The third-order valence-electron chi connectivity index (χ3n) is 4.05. The summed E-state index contributed by atoms with van der Waals surface area (Å²) in [5.41, 5.74) is 7.59. The van der Waals surface area contributed by atoms with Gasteiger partial charge < -0.3 is 21.3 Å². The van der Waals surface area contributed by atoms with Gasteiger partial charge in [0.05, 0.1) is 12.6 Å². The molecule has 1 aromatic carbocycles. The number of nitrogens with two attached hydrogens (primary N) is 1. The van der Waals surface area contributed by atoms with Gasteiger partial charge in [0.25, 0.3) is 0 Å². The minimum absolute atomic E-state index is 0. The van der Waals surface area contributed by atoms with Gasteiger partial charge in [0.15, 0.2) is 0 Å². The van der Waals surface area contributed by atoms with Crippen LogP contribution in [0.5, 0.6) is 0 Å². The van der Waals surface area contributed by atoms with Gasteiger partial charge in [0.2, 0.25) is 11.8 Å². The first-order valence-electron chi connectivity index (χ1n) is 8.15. The lowest BCUT2D eigenvalue weighted by atomic mass is 10.1. The SMILES string of the molecule is CC(C)[C@H](N)C(=O)NCC(=O)Nc1cccc(N2CCCC2)c1.Cl.Cl. The molecule has 0 saturated carbocycles. The summed E-state index contributed by atoms with van der Waals surface area (Å²) in [4.78, 5) is 26.0. The molecule has 1 aliphatic rings. The van der Waals surface area contributed by atoms with Crippen molar-refractivity contribution in [3.8, 4) is 0 Å². The van der Waals surface area contributed by atoms with Crippen LogP contribution in [0.1, 0.15) is 26.7 Å². The first kappa shape index (κ1) is 23.5. The van der Waals surface area contributed by atoms with E-state index in [1.54, 1.807) is 0 Å². The van der Waals surface area contributed by atoms with Crippen molar-refractivity contribution in [3.63, 3.8) is 0 Å². The van der Waals surface area contributed by atoms with Crippen LogP contribution >= 0.6 is 24.8 Å². The van der Waals surface area contributed by atoms with E-state index in [-0.39, 0.29) is 49.1 Å². The topological polar surface area (TPSA) is 87.5 Å². The Hall–Kier alpha value is -1.50. The van der Waals surface area contributed by atoms with Crippen molar-refractivity contribution in [2.45, 2.75) is 32.7 Å². The first-order chi connectivity index (χ1) is 11.0. The zero-order valence-corrected chi connectivity index (χ0v) is 16.3. The van der Waals surface area contributed by atoms with Gasteiger partial charge in [0.1, 0.15) is 0 Å². The van der Waals surface area contributed by atoms with E-state index >= 15 is 0 Å². The quantitative estimate of drug-likeness (QED) is 0.694. The molecule has 0 bridgehead atoms. The monoisotopic (exact) mass is 390 g/mol. The van der Waals surface area contributed by atoms with Gasteiger partial charge in [-0.3, -0.25) is 9.59 Å². The molecule has 4 N–H and O–H groups in total. The van der Waals surface area contributed by atoms with Gasteiger partial charge >= 0.3 is 0 Å². The van der Waals surface area contributed by atoms with E-state index in [1.165, 1.54) is 12.8 Å². The molecule has 2 amide bonds. The maximum absolute atomic E-state index is 12.0. The zero-order chi connectivity index (χ0) is 16.8. The Kier molecular flexibility index (Phi) is 10.5. The Bertz CT molecular complexity index is 563. The fourth-order valence-corrected chi connectivity index (χ4v) is 2.55. The minimum atomic E-state index is -0.596. The van der Waals surface area contributed by atoms with Crippen molar-refractivity contribution >= 4 is 48.0 Å². The Balaban J connectivity index is 0.00000288. The van der Waals surface area contributed by atoms with Gasteiger partial charge in [-0.25, -0.2) is 0 Å². The molecule has 25 heavy (non-hydrogen) atoms. The van der Waals surface area contributed by atoms with Crippen LogP contribution < -0.4 is 21.3 Å². The van der Waals surface area contributed by atoms with Crippen molar-refractivity contribution in [1.82, 2.24) is 5.32 Å². The normalized spacial score (nSPS) is 14.3. The molecule has 1 heterocycles. The molecule has 1 aromatic rings. The lowest BCUT2D eigenvalue weighted by molar-refractivity contribution is -0.125.